The molecule has 10 nitrogen and oxygen atoms in total. The van der Waals surface area contributed by atoms with Gasteiger partial charge in [0, 0.05) is 43.8 Å². The van der Waals surface area contributed by atoms with Gasteiger partial charge < -0.3 is 29.0 Å². The molecular formula is C25H41BN4O6. The van der Waals surface area contributed by atoms with E-state index in [1.807, 2.05) is 41.5 Å². The molecule has 0 saturated carbocycles. The number of rotatable bonds is 6. The number of ether oxygens (including phenoxy) is 2. The van der Waals surface area contributed by atoms with Crippen molar-refractivity contribution in [2.24, 2.45) is 5.92 Å². The van der Waals surface area contributed by atoms with E-state index in [1.54, 1.807) is 38.1 Å². The van der Waals surface area contributed by atoms with Gasteiger partial charge in [0.2, 0.25) is 5.91 Å². The summed E-state index contributed by atoms with van der Waals surface area (Å²) in [5.41, 5.74) is -0.766. The van der Waals surface area contributed by atoms with Gasteiger partial charge in [-0.3, -0.25) is 4.79 Å². The Labute approximate surface area is 215 Å². The molecule has 1 unspecified atom stereocenters. The van der Waals surface area contributed by atoms with Gasteiger partial charge in [-0.1, -0.05) is 13.8 Å². The monoisotopic (exact) mass is 504 g/mol. The number of aromatic nitrogens is 2. The van der Waals surface area contributed by atoms with Gasteiger partial charge in [-0.25, -0.2) is 14.8 Å². The number of carbonyl (C=O) groups excluding carboxylic acids is 2. The lowest BCUT2D eigenvalue weighted by atomic mass is 9.81. The van der Waals surface area contributed by atoms with Gasteiger partial charge in [-0.05, 0) is 54.4 Å². The summed E-state index contributed by atoms with van der Waals surface area (Å²) < 4.78 is 23.4. The van der Waals surface area contributed by atoms with Crippen LogP contribution in [0.25, 0.3) is 0 Å². The lowest BCUT2D eigenvalue weighted by molar-refractivity contribution is -0.136. The maximum absolute atomic E-state index is 13.1. The van der Waals surface area contributed by atoms with E-state index in [9.17, 15) is 9.59 Å². The largest absolute Gasteiger partial charge is 0.498 e. The zero-order chi connectivity index (χ0) is 26.9. The second kappa shape index (κ2) is 10.5. The molecule has 3 rings (SSSR count). The standard InChI is InChI=1S/C25H41BN4O6/c1-16(2)19(29-22(32)34-23(3,4)5)20(31)30-12-10-18(11-13-30)33-21-27-14-17(15-28-21)26-35-24(6,7)25(8,9)36-26/h14-16,18-19H,10-13H2,1-9H3,(H,29,32). The summed E-state index contributed by atoms with van der Waals surface area (Å²) in [7, 11) is -0.526. The third kappa shape index (κ3) is 6.88. The van der Waals surface area contributed by atoms with Crippen molar-refractivity contribution in [3.05, 3.63) is 12.4 Å². The molecule has 0 radical (unpaired) electrons. The summed E-state index contributed by atoms with van der Waals surface area (Å²) in [5, 5.41) is 2.74. The molecule has 11 heteroatoms. The van der Waals surface area contributed by atoms with Crippen molar-refractivity contribution < 1.29 is 28.4 Å². The molecule has 2 saturated heterocycles. The van der Waals surface area contributed by atoms with Crippen LogP contribution in [0.1, 0.15) is 75.2 Å². The van der Waals surface area contributed by atoms with E-state index >= 15 is 0 Å². The average Bonchev–Trinajstić information content (AvgIpc) is 2.98. The lowest BCUT2D eigenvalue weighted by Crippen LogP contribution is -2.54. The summed E-state index contributed by atoms with van der Waals surface area (Å²) >= 11 is 0. The fraction of sp³-hybridized carbons (Fsp3) is 0.760. The van der Waals surface area contributed by atoms with Gasteiger partial charge in [-0.15, -0.1) is 0 Å². The van der Waals surface area contributed by atoms with E-state index in [1.165, 1.54) is 0 Å². The summed E-state index contributed by atoms with van der Waals surface area (Å²) in [6.45, 7) is 18.2. The van der Waals surface area contributed by atoms with Crippen LogP contribution < -0.4 is 15.5 Å². The maximum Gasteiger partial charge on any atom is 0.498 e. The first kappa shape index (κ1) is 28.2. The molecule has 2 fully saturated rings. The van der Waals surface area contributed by atoms with E-state index in [0.717, 1.165) is 5.46 Å². The average molecular weight is 504 g/mol. The number of likely N-dealkylation sites (tertiary alicyclic amines) is 1. The number of nitrogens with one attached hydrogen (secondary N) is 1. The first-order valence-corrected chi connectivity index (χ1v) is 12.7. The van der Waals surface area contributed by atoms with E-state index in [-0.39, 0.29) is 23.9 Å². The highest BCUT2D eigenvalue weighted by molar-refractivity contribution is 6.61. The highest BCUT2D eigenvalue weighted by Crippen LogP contribution is 2.36. The van der Waals surface area contributed by atoms with Crippen LogP contribution in [0.5, 0.6) is 6.01 Å². The Bertz CT molecular complexity index is 907. The third-order valence-corrected chi connectivity index (χ3v) is 6.80. The Morgan fingerprint density at radius 3 is 2.08 bits per heavy atom. The van der Waals surface area contributed by atoms with Gasteiger partial charge >= 0.3 is 19.2 Å². The molecule has 0 spiro atoms. The molecule has 2 amide bonds. The smallest absolute Gasteiger partial charge is 0.460 e. The summed E-state index contributed by atoms with van der Waals surface area (Å²) in [6, 6.07) is -0.366. The Morgan fingerprint density at radius 1 is 1.08 bits per heavy atom. The van der Waals surface area contributed by atoms with Gasteiger partial charge in [-0.2, -0.15) is 0 Å². The highest BCUT2D eigenvalue weighted by Gasteiger charge is 2.52. The van der Waals surface area contributed by atoms with Crippen molar-refractivity contribution in [3.8, 4) is 6.01 Å². The summed E-state index contributed by atoms with van der Waals surface area (Å²) in [6.07, 6.45) is 3.93. The fourth-order valence-electron chi connectivity index (χ4n) is 3.98. The first-order chi connectivity index (χ1) is 16.6. The Kier molecular flexibility index (Phi) is 8.25. The molecule has 1 aromatic heterocycles. The number of nitrogens with zero attached hydrogens (tertiary/aromatic N) is 3. The molecule has 2 aliphatic rings. The number of alkyl carbamates (subject to hydrolysis) is 1. The normalized spacial score (nSPS) is 20.8. The minimum atomic E-state index is -0.650. The Hall–Kier alpha value is -2.40. The minimum absolute atomic E-state index is 0.0742. The molecular weight excluding hydrogens is 463 g/mol. The lowest BCUT2D eigenvalue weighted by Gasteiger charge is -2.35. The topological polar surface area (TPSA) is 112 Å². The zero-order valence-electron chi connectivity index (χ0n) is 23.1. The summed E-state index contributed by atoms with van der Waals surface area (Å²) in [5.74, 6) is -0.188. The van der Waals surface area contributed by atoms with Crippen LogP contribution in [-0.4, -0.2) is 76.0 Å². The van der Waals surface area contributed by atoms with Crippen LogP contribution in [0, 0.1) is 5.92 Å². The van der Waals surface area contributed by atoms with E-state index < -0.39 is 36.1 Å². The number of carbonyl (C=O) groups is 2. The molecule has 36 heavy (non-hydrogen) atoms. The van der Waals surface area contributed by atoms with E-state index in [0.29, 0.717) is 25.9 Å². The van der Waals surface area contributed by atoms with Crippen molar-refractivity contribution in [2.45, 2.75) is 104 Å². The number of amides is 2. The fourth-order valence-corrected chi connectivity index (χ4v) is 3.98. The molecule has 0 bridgehead atoms. The van der Waals surface area contributed by atoms with E-state index in [2.05, 4.69) is 15.3 Å². The second-order valence-corrected chi connectivity index (χ2v) is 11.9. The molecule has 200 valence electrons. The van der Waals surface area contributed by atoms with Gasteiger partial charge in [0.15, 0.2) is 0 Å². The quantitative estimate of drug-likeness (QED) is 0.589. The predicted octanol–water partition coefficient (Wildman–Crippen LogP) is 2.69. The molecule has 3 heterocycles. The van der Waals surface area contributed by atoms with Crippen molar-refractivity contribution in [1.29, 1.82) is 0 Å². The van der Waals surface area contributed by atoms with Crippen LogP contribution in [0.2, 0.25) is 0 Å². The first-order valence-electron chi connectivity index (χ1n) is 12.7. The van der Waals surface area contributed by atoms with E-state index in [4.69, 9.17) is 18.8 Å². The van der Waals surface area contributed by atoms with Gasteiger partial charge in [0.25, 0.3) is 0 Å². The molecule has 1 atom stereocenters. The van der Waals surface area contributed by atoms with Crippen LogP contribution in [0.3, 0.4) is 0 Å². The van der Waals surface area contributed by atoms with Gasteiger partial charge in [0.1, 0.15) is 17.7 Å². The third-order valence-electron chi connectivity index (χ3n) is 6.80. The van der Waals surface area contributed by atoms with Crippen molar-refractivity contribution in [1.82, 2.24) is 20.2 Å². The maximum atomic E-state index is 13.1. The van der Waals surface area contributed by atoms with Gasteiger partial charge in [0.05, 0.1) is 11.2 Å². The SMILES string of the molecule is CC(C)C(NC(=O)OC(C)(C)C)C(=O)N1CCC(Oc2ncc(B3OC(C)(C)C(C)(C)O3)cn2)CC1. The molecule has 0 aromatic carbocycles. The Balaban J connectivity index is 1.51. The molecule has 2 aliphatic heterocycles. The summed E-state index contributed by atoms with van der Waals surface area (Å²) in [4.78, 5) is 35.8. The van der Waals surface area contributed by atoms with Crippen molar-refractivity contribution >= 4 is 24.6 Å². The van der Waals surface area contributed by atoms with Crippen LogP contribution in [-0.2, 0) is 18.8 Å². The van der Waals surface area contributed by atoms with Crippen molar-refractivity contribution in [3.63, 3.8) is 0 Å². The van der Waals surface area contributed by atoms with Crippen LogP contribution >= 0.6 is 0 Å². The van der Waals surface area contributed by atoms with Crippen LogP contribution in [0.4, 0.5) is 4.79 Å². The number of piperidine rings is 1. The zero-order valence-corrected chi connectivity index (χ0v) is 23.1. The van der Waals surface area contributed by atoms with Crippen molar-refractivity contribution in [2.75, 3.05) is 13.1 Å². The Morgan fingerprint density at radius 2 is 1.61 bits per heavy atom. The molecule has 1 aromatic rings. The molecule has 0 aliphatic carbocycles. The highest BCUT2D eigenvalue weighted by atomic mass is 16.7. The number of hydrogen-bond acceptors (Lipinski definition) is 8. The van der Waals surface area contributed by atoms with Crippen LogP contribution in [0.15, 0.2) is 12.4 Å². The number of hydrogen-bond donors (Lipinski definition) is 1. The second-order valence-electron chi connectivity index (χ2n) is 11.9. The minimum Gasteiger partial charge on any atom is -0.460 e. The molecule has 1 N–H and O–H groups in total. The predicted molar refractivity (Wildman–Crippen MR) is 136 cm³/mol.